The van der Waals surface area contributed by atoms with Crippen molar-refractivity contribution in [2.75, 3.05) is 6.54 Å². The van der Waals surface area contributed by atoms with Crippen LogP contribution in [0.2, 0.25) is 5.02 Å². The summed E-state index contributed by atoms with van der Waals surface area (Å²) in [6.45, 7) is 0.193. The molecule has 2 aromatic rings. The van der Waals surface area contributed by atoms with Gasteiger partial charge in [0.05, 0.1) is 22.7 Å². The number of hydrogen-bond acceptors (Lipinski definition) is 3. The van der Waals surface area contributed by atoms with Gasteiger partial charge in [-0.3, -0.25) is 9.78 Å². The molecule has 2 atom stereocenters. The van der Waals surface area contributed by atoms with E-state index in [-0.39, 0.29) is 29.3 Å². The Labute approximate surface area is 132 Å². The Morgan fingerprint density at radius 1 is 1.41 bits per heavy atom. The second-order valence-electron chi connectivity index (χ2n) is 5.27. The SMILES string of the molecule is O=C(c1ccncc1Cl)N1CC(O)CC1c1cccc(F)c1. The van der Waals surface area contributed by atoms with Crippen LogP contribution in [0.5, 0.6) is 0 Å². The molecule has 2 unspecified atom stereocenters. The van der Waals surface area contributed by atoms with Gasteiger partial charge in [-0.2, -0.15) is 0 Å². The highest BCUT2D eigenvalue weighted by atomic mass is 35.5. The number of aromatic nitrogens is 1. The molecule has 3 rings (SSSR count). The van der Waals surface area contributed by atoms with E-state index in [1.165, 1.54) is 35.5 Å². The maximum atomic E-state index is 13.4. The van der Waals surface area contributed by atoms with Crippen LogP contribution < -0.4 is 0 Å². The van der Waals surface area contributed by atoms with Crippen molar-refractivity contribution in [3.05, 3.63) is 64.7 Å². The summed E-state index contributed by atoms with van der Waals surface area (Å²) in [5, 5.41) is 10.2. The maximum absolute atomic E-state index is 13.4. The summed E-state index contributed by atoms with van der Waals surface area (Å²) >= 11 is 6.02. The molecule has 0 bridgehead atoms. The Balaban J connectivity index is 1.94. The van der Waals surface area contributed by atoms with Gasteiger partial charge in [-0.25, -0.2) is 4.39 Å². The highest BCUT2D eigenvalue weighted by molar-refractivity contribution is 6.33. The van der Waals surface area contributed by atoms with Crippen LogP contribution in [0.1, 0.15) is 28.4 Å². The average molecular weight is 321 g/mol. The predicted molar refractivity (Wildman–Crippen MR) is 80.0 cm³/mol. The van der Waals surface area contributed by atoms with Gasteiger partial charge in [0.15, 0.2) is 0 Å². The highest BCUT2D eigenvalue weighted by Gasteiger charge is 2.36. The molecule has 1 amide bonds. The van der Waals surface area contributed by atoms with Crippen molar-refractivity contribution in [3.8, 4) is 0 Å². The van der Waals surface area contributed by atoms with Crippen LogP contribution in [-0.4, -0.2) is 33.5 Å². The number of likely N-dealkylation sites (tertiary alicyclic amines) is 1. The monoisotopic (exact) mass is 320 g/mol. The minimum Gasteiger partial charge on any atom is -0.391 e. The number of carbonyl (C=O) groups excluding carboxylic acids is 1. The van der Waals surface area contributed by atoms with Crippen molar-refractivity contribution in [1.82, 2.24) is 9.88 Å². The molecule has 0 radical (unpaired) electrons. The van der Waals surface area contributed by atoms with Gasteiger partial charge in [-0.1, -0.05) is 23.7 Å². The third-order valence-electron chi connectivity index (χ3n) is 3.78. The van der Waals surface area contributed by atoms with Crippen molar-refractivity contribution in [2.24, 2.45) is 0 Å². The van der Waals surface area contributed by atoms with Crippen LogP contribution in [-0.2, 0) is 0 Å². The Hall–Kier alpha value is -1.98. The van der Waals surface area contributed by atoms with Gasteiger partial charge in [-0.05, 0) is 30.2 Å². The van der Waals surface area contributed by atoms with Gasteiger partial charge in [0.2, 0.25) is 0 Å². The number of rotatable bonds is 2. The Morgan fingerprint density at radius 2 is 2.23 bits per heavy atom. The second kappa shape index (κ2) is 6.02. The van der Waals surface area contributed by atoms with E-state index in [1.54, 1.807) is 12.1 Å². The highest BCUT2D eigenvalue weighted by Crippen LogP contribution is 2.34. The number of β-amino-alcohol motifs (C(OH)–C–C–N with tert-alkyl or cyclic N) is 1. The minimum absolute atomic E-state index is 0.193. The Kier molecular flexibility index (Phi) is 4.09. The minimum atomic E-state index is -0.641. The smallest absolute Gasteiger partial charge is 0.256 e. The molecule has 0 aliphatic carbocycles. The molecule has 1 N–H and O–H groups in total. The van der Waals surface area contributed by atoms with Crippen LogP contribution in [0.4, 0.5) is 4.39 Å². The Bertz CT molecular complexity index is 710. The number of carbonyl (C=O) groups is 1. The van der Waals surface area contributed by atoms with Crippen molar-refractivity contribution >= 4 is 17.5 Å². The molecule has 0 saturated carbocycles. The molecule has 1 aliphatic rings. The zero-order valence-electron chi connectivity index (χ0n) is 11.6. The summed E-state index contributed by atoms with van der Waals surface area (Å²) < 4.78 is 13.4. The quantitative estimate of drug-likeness (QED) is 0.925. The molecule has 0 spiro atoms. The number of benzene rings is 1. The van der Waals surface area contributed by atoms with E-state index in [2.05, 4.69) is 4.98 Å². The lowest BCUT2D eigenvalue weighted by molar-refractivity contribution is 0.0715. The first-order chi connectivity index (χ1) is 10.6. The molecule has 4 nitrogen and oxygen atoms in total. The molecule has 114 valence electrons. The number of amides is 1. The summed E-state index contributed by atoms with van der Waals surface area (Å²) in [5.41, 5.74) is 0.988. The number of aliphatic hydroxyl groups is 1. The van der Waals surface area contributed by atoms with Gasteiger partial charge in [0.25, 0.3) is 5.91 Å². The summed E-state index contributed by atoms with van der Waals surface area (Å²) in [7, 11) is 0. The van der Waals surface area contributed by atoms with Gasteiger partial charge in [0, 0.05) is 18.9 Å². The van der Waals surface area contributed by atoms with Crippen LogP contribution >= 0.6 is 11.6 Å². The van der Waals surface area contributed by atoms with Crippen molar-refractivity contribution in [1.29, 1.82) is 0 Å². The predicted octanol–water partition coefficient (Wildman–Crippen LogP) is 2.82. The lowest BCUT2D eigenvalue weighted by Crippen LogP contribution is -2.32. The molecule has 1 fully saturated rings. The van der Waals surface area contributed by atoms with Crippen molar-refractivity contribution in [2.45, 2.75) is 18.6 Å². The van der Waals surface area contributed by atoms with Crippen molar-refractivity contribution < 1.29 is 14.3 Å². The van der Waals surface area contributed by atoms with E-state index < -0.39 is 6.10 Å². The molecule has 1 aromatic heterocycles. The molecule has 1 aliphatic heterocycles. The first-order valence-corrected chi connectivity index (χ1v) is 7.28. The average Bonchev–Trinajstić information content (AvgIpc) is 2.89. The third kappa shape index (κ3) is 2.82. The largest absolute Gasteiger partial charge is 0.391 e. The molecular formula is C16H14ClFN2O2. The number of halogens is 2. The lowest BCUT2D eigenvalue weighted by Gasteiger charge is -2.25. The van der Waals surface area contributed by atoms with Crippen molar-refractivity contribution in [3.63, 3.8) is 0 Å². The fourth-order valence-corrected chi connectivity index (χ4v) is 2.97. The normalized spacial score (nSPS) is 21.1. The molecular weight excluding hydrogens is 307 g/mol. The summed E-state index contributed by atoms with van der Waals surface area (Å²) in [6.07, 6.45) is 2.62. The zero-order chi connectivity index (χ0) is 15.7. The van der Waals surface area contributed by atoms with Crippen LogP contribution in [0.25, 0.3) is 0 Å². The molecule has 6 heteroatoms. The van der Waals surface area contributed by atoms with E-state index in [0.717, 1.165) is 0 Å². The fourth-order valence-electron chi connectivity index (χ4n) is 2.77. The third-order valence-corrected chi connectivity index (χ3v) is 4.08. The summed E-state index contributed by atoms with van der Waals surface area (Å²) in [6, 6.07) is 7.25. The zero-order valence-corrected chi connectivity index (χ0v) is 12.4. The van der Waals surface area contributed by atoms with Crippen LogP contribution in [0, 0.1) is 5.82 Å². The van der Waals surface area contributed by atoms with E-state index >= 15 is 0 Å². The van der Waals surface area contributed by atoms with E-state index in [0.29, 0.717) is 17.5 Å². The van der Waals surface area contributed by atoms with E-state index in [9.17, 15) is 14.3 Å². The Morgan fingerprint density at radius 3 is 2.95 bits per heavy atom. The first kappa shape index (κ1) is 14.9. The van der Waals surface area contributed by atoms with Gasteiger partial charge < -0.3 is 10.0 Å². The maximum Gasteiger partial charge on any atom is 0.256 e. The first-order valence-electron chi connectivity index (χ1n) is 6.90. The fraction of sp³-hybridized carbons (Fsp3) is 0.250. The molecule has 22 heavy (non-hydrogen) atoms. The number of hydrogen-bond donors (Lipinski definition) is 1. The molecule has 1 aromatic carbocycles. The lowest BCUT2D eigenvalue weighted by atomic mass is 10.0. The summed E-state index contributed by atoms with van der Waals surface area (Å²) in [4.78, 5) is 18.1. The van der Waals surface area contributed by atoms with Crippen LogP contribution in [0.15, 0.2) is 42.7 Å². The number of nitrogens with zero attached hydrogens (tertiary/aromatic N) is 2. The topological polar surface area (TPSA) is 53.4 Å². The number of pyridine rings is 1. The molecule has 1 saturated heterocycles. The van der Waals surface area contributed by atoms with E-state index in [1.807, 2.05) is 0 Å². The van der Waals surface area contributed by atoms with Gasteiger partial charge in [-0.15, -0.1) is 0 Å². The van der Waals surface area contributed by atoms with E-state index in [4.69, 9.17) is 11.6 Å². The molecule has 2 heterocycles. The second-order valence-corrected chi connectivity index (χ2v) is 5.68. The summed E-state index contributed by atoms with van der Waals surface area (Å²) in [5.74, 6) is -0.661. The van der Waals surface area contributed by atoms with Gasteiger partial charge in [0.1, 0.15) is 5.82 Å². The van der Waals surface area contributed by atoms with Gasteiger partial charge >= 0.3 is 0 Å². The number of aliphatic hydroxyl groups excluding tert-OH is 1. The van der Waals surface area contributed by atoms with Crippen LogP contribution in [0.3, 0.4) is 0 Å². The standard InChI is InChI=1S/C16H14ClFN2O2/c17-14-8-19-5-4-13(14)16(22)20-9-12(21)7-15(20)10-2-1-3-11(18)6-10/h1-6,8,12,15,21H,7,9H2.